The smallest absolute Gasteiger partial charge is 0.261 e. The summed E-state index contributed by atoms with van der Waals surface area (Å²) in [4.78, 5) is 27.4. The molecule has 2 rings (SSSR count). The summed E-state index contributed by atoms with van der Waals surface area (Å²) >= 11 is 6.32. The number of ether oxygens (including phenoxy) is 1. The summed E-state index contributed by atoms with van der Waals surface area (Å²) in [5.74, 6) is 0.210. The lowest BCUT2D eigenvalue weighted by molar-refractivity contribution is -0.143. The Morgan fingerprint density at radius 2 is 1.77 bits per heavy atom. The molecule has 30 heavy (non-hydrogen) atoms. The third-order valence-electron chi connectivity index (χ3n) is 4.93. The largest absolute Gasteiger partial charge is 0.484 e. The molecule has 5 nitrogen and oxygen atoms in total. The Morgan fingerprint density at radius 1 is 1.07 bits per heavy atom. The SMILES string of the molecule is CCCNC(=O)C(CC)N(Cc1ccccc1Cl)C(=O)COc1ccc(CC)cc1. The van der Waals surface area contributed by atoms with Gasteiger partial charge in [-0.1, -0.05) is 62.7 Å². The third kappa shape index (κ3) is 6.77. The van der Waals surface area contributed by atoms with Crippen LogP contribution >= 0.6 is 11.6 Å². The number of halogens is 1. The summed E-state index contributed by atoms with van der Waals surface area (Å²) in [5, 5.41) is 3.46. The number of nitrogens with zero attached hydrogens (tertiary/aromatic N) is 1. The Balaban J connectivity index is 2.18. The van der Waals surface area contributed by atoms with E-state index >= 15 is 0 Å². The Kier molecular flexibility index (Phi) is 9.68. The van der Waals surface area contributed by atoms with Crippen LogP contribution in [0.1, 0.15) is 44.7 Å². The van der Waals surface area contributed by atoms with Gasteiger partial charge in [-0.2, -0.15) is 0 Å². The lowest BCUT2D eigenvalue weighted by Gasteiger charge is -2.30. The predicted octanol–water partition coefficient (Wildman–Crippen LogP) is 4.61. The van der Waals surface area contributed by atoms with Crippen LogP contribution in [0.4, 0.5) is 0 Å². The van der Waals surface area contributed by atoms with Gasteiger partial charge in [0.2, 0.25) is 5.91 Å². The van der Waals surface area contributed by atoms with E-state index < -0.39 is 6.04 Å². The van der Waals surface area contributed by atoms with Gasteiger partial charge >= 0.3 is 0 Å². The first kappa shape index (κ1) is 23.7. The molecule has 2 aromatic rings. The van der Waals surface area contributed by atoms with E-state index in [4.69, 9.17) is 16.3 Å². The zero-order valence-corrected chi connectivity index (χ0v) is 18.7. The molecular weight excluding hydrogens is 400 g/mol. The molecule has 0 heterocycles. The molecule has 0 aliphatic carbocycles. The van der Waals surface area contributed by atoms with E-state index in [0.717, 1.165) is 18.4 Å². The van der Waals surface area contributed by atoms with E-state index in [9.17, 15) is 9.59 Å². The van der Waals surface area contributed by atoms with Gasteiger partial charge in [0.25, 0.3) is 5.91 Å². The standard InChI is InChI=1S/C24H31ClN2O3/c1-4-15-26-24(29)22(6-3)27(16-19-9-7-8-10-21(19)25)23(28)17-30-20-13-11-18(5-2)12-14-20/h7-14,22H,4-6,15-17H2,1-3H3,(H,26,29). The molecule has 0 fully saturated rings. The molecule has 162 valence electrons. The average Bonchev–Trinajstić information content (AvgIpc) is 2.77. The maximum absolute atomic E-state index is 13.1. The number of rotatable bonds is 11. The van der Waals surface area contributed by atoms with Crippen molar-refractivity contribution in [1.82, 2.24) is 10.2 Å². The number of hydrogen-bond donors (Lipinski definition) is 1. The Labute approximate surface area is 184 Å². The van der Waals surface area contributed by atoms with Gasteiger partial charge in [-0.05, 0) is 48.6 Å². The van der Waals surface area contributed by atoms with Gasteiger partial charge in [0, 0.05) is 18.1 Å². The van der Waals surface area contributed by atoms with Crippen molar-refractivity contribution >= 4 is 23.4 Å². The van der Waals surface area contributed by atoms with Crippen molar-refractivity contribution in [3.05, 3.63) is 64.7 Å². The topological polar surface area (TPSA) is 58.6 Å². The maximum Gasteiger partial charge on any atom is 0.261 e. The van der Waals surface area contributed by atoms with Gasteiger partial charge < -0.3 is 15.0 Å². The molecule has 0 bridgehead atoms. The number of nitrogens with one attached hydrogen (secondary N) is 1. The first-order valence-electron chi connectivity index (χ1n) is 10.5. The van der Waals surface area contributed by atoms with Crippen LogP contribution < -0.4 is 10.1 Å². The summed E-state index contributed by atoms with van der Waals surface area (Å²) in [7, 11) is 0. The van der Waals surface area contributed by atoms with Crippen molar-refractivity contribution in [3.63, 3.8) is 0 Å². The zero-order valence-electron chi connectivity index (χ0n) is 18.0. The van der Waals surface area contributed by atoms with Gasteiger partial charge in [-0.3, -0.25) is 9.59 Å². The van der Waals surface area contributed by atoms with Crippen LogP contribution in [-0.4, -0.2) is 35.9 Å². The van der Waals surface area contributed by atoms with Gasteiger partial charge in [0.15, 0.2) is 6.61 Å². The van der Waals surface area contributed by atoms with Gasteiger partial charge in [-0.15, -0.1) is 0 Å². The molecule has 0 aliphatic rings. The van der Waals surface area contributed by atoms with Crippen LogP contribution in [0.15, 0.2) is 48.5 Å². The van der Waals surface area contributed by atoms with Crippen LogP contribution in [0.5, 0.6) is 5.75 Å². The van der Waals surface area contributed by atoms with E-state index in [1.165, 1.54) is 5.56 Å². The van der Waals surface area contributed by atoms with Crippen molar-refractivity contribution < 1.29 is 14.3 Å². The van der Waals surface area contributed by atoms with E-state index in [2.05, 4.69) is 12.2 Å². The zero-order chi connectivity index (χ0) is 21.9. The Bertz CT molecular complexity index is 823. The highest BCUT2D eigenvalue weighted by Gasteiger charge is 2.29. The fraction of sp³-hybridized carbons (Fsp3) is 0.417. The lowest BCUT2D eigenvalue weighted by atomic mass is 10.1. The molecule has 2 amide bonds. The van der Waals surface area contributed by atoms with E-state index in [0.29, 0.717) is 23.7 Å². The van der Waals surface area contributed by atoms with Crippen molar-refractivity contribution in [2.24, 2.45) is 0 Å². The number of aryl methyl sites for hydroxylation is 1. The predicted molar refractivity (Wildman–Crippen MR) is 121 cm³/mol. The average molecular weight is 431 g/mol. The molecule has 1 N–H and O–H groups in total. The fourth-order valence-corrected chi connectivity index (χ4v) is 3.34. The molecule has 1 unspecified atom stereocenters. The third-order valence-corrected chi connectivity index (χ3v) is 5.30. The number of carbonyl (C=O) groups is 2. The highest BCUT2D eigenvalue weighted by molar-refractivity contribution is 6.31. The lowest BCUT2D eigenvalue weighted by Crippen LogP contribution is -2.50. The van der Waals surface area contributed by atoms with Crippen LogP contribution in [-0.2, 0) is 22.6 Å². The summed E-state index contributed by atoms with van der Waals surface area (Å²) in [6, 6.07) is 14.4. The van der Waals surface area contributed by atoms with Crippen LogP contribution in [0.3, 0.4) is 0 Å². The van der Waals surface area contributed by atoms with Crippen LogP contribution in [0.25, 0.3) is 0 Å². The van der Waals surface area contributed by atoms with Gasteiger partial charge in [0.05, 0.1) is 0 Å². The molecule has 0 saturated heterocycles. The van der Waals surface area contributed by atoms with E-state index in [1.807, 2.05) is 56.3 Å². The highest BCUT2D eigenvalue weighted by atomic mass is 35.5. The Morgan fingerprint density at radius 3 is 2.37 bits per heavy atom. The molecular formula is C24H31ClN2O3. The Hall–Kier alpha value is -2.53. The fourth-order valence-electron chi connectivity index (χ4n) is 3.15. The number of amides is 2. The minimum atomic E-state index is -0.591. The van der Waals surface area contributed by atoms with E-state index in [1.54, 1.807) is 11.0 Å². The summed E-state index contributed by atoms with van der Waals surface area (Å²) in [6.45, 7) is 6.64. The van der Waals surface area contributed by atoms with E-state index in [-0.39, 0.29) is 25.0 Å². The van der Waals surface area contributed by atoms with Crippen molar-refractivity contribution in [3.8, 4) is 5.75 Å². The molecule has 0 radical (unpaired) electrons. The number of hydrogen-bond acceptors (Lipinski definition) is 3. The molecule has 1 atom stereocenters. The molecule has 0 saturated carbocycles. The van der Waals surface area contributed by atoms with Gasteiger partial charge in [0.1, 0.15) is 11.8 Å². The first-order chi connectivity index (χ1) is 14.5. The van der Waals surface area contributed by atoms with Crippen LogP contribution in [0.2, 0.25) is 5.02 Å². The second kappa shape index (κ2) is 12.2. The molecule has 2 aromatic carbocycles. The van der Waals surface area contributed by atoms with Crippen LogP contribution in [0, 0.1) is 0 Å². The van der Waals surface area contributed by atoms with Crippen molar-refractivity contribution in [2.75, 3.05) is 13.2 Å². The van der Waals surface area contributed by atoms with Crippen molar-refractivity contribution in [2.45, 2.75) is 52.6 Å². The second-order valence-corrected chi connectivity index (χ2v) is 7.52. The monoisotopic (exact) mass is 430 g/mol. The summed E-state index contributed by atoms with van der Waals surface area (Å²) in [5.41, 5.74) is 1.99. The van der Waals surface area contributed by atoms with Crippen molar-refractivity contribution in [1.29, 1.82) is 0 Å². The van der Waals surface area contributed by atoms with Gasteiger partial charge in [-0.25, -0.2) is 0 Å². The minimum Gasteiger partial charge on any atom is -0.484 e. The first-order valence-corrected chi connectivity index (χ1v) is 10.9. The molecule has 6 heteroatoms. The number of carbonyl (C=O) groups excluding carboxylic acids is 2. The summed E-state index contributed by atoms with van der Waals surface area (Å²) in [6.07, 6.45) is 2.27. The molecule has 0 aliphatic heterocycles. The maximum atomic E-state index is 13.1. The number of benzene rings is 2. The second-order valence-electron chi connectivity index (χ2n) is 7.11. The quantitative estimate of drug-likeness (QED) is 0.566. The normalized spacial score (nSPS) is 11.6. The minimum absolute atomic E-state index is 0.145. The summed E-state index contributed by atoms with van der Waals surface area (Å²) < 4.78 is 5.72. The molecule has 0 spiro atoms. The molecule has 0 aromatic heterocycles. The highest BCUT2D eigenvalue weighted by Crippen LogP contribution is 2.20.